The summed E-state index contributed by atoms with van der Waals surface area (Å²) in [4.78, 5) is 2.25. The molecule has 0 heterocycles. The van der Waals surface area contributed by atoms with Crippen LogP contribution in [0.25, 0.3) is 0 Å². The molecule has 0 radical (unpaired) electrons. The molecule has 3 nitrogen and oxygen atoms in total. The zero-order valence-corrected chi connectivity index (χ0v) is 17.7. The SMILES string of the molecule is Cc1ccccc1[C@H](O)/C=C/[C@@H]1[C@H]2CC(CCCCCN(C)C)=C[C@H]2C[C@H]1O. The van der Waals surface area contributed by atoms with E-state index in [0.717, 1.165) is 24.0 Å². The number of hydrogen-bond acceptors (Lipinski definition) is 3. The highest BCUT2D eigenvalue weighted by Gasteiger charge is 2.43. The molecule has 2 N–H and O–H groups in total. The molecule has 5 atom stereocenters. The summed E-state index contributed by atoms with van der Waals surface area (Å²) in [5.41, 5.74) is 3.64. The summed E-state index contributed by atoms with van der Waals surface area (Å²) in [7, 11) is 4.27. The summed E-state index contributed by atoms with van der Waals surface area (Å²) in [6.07, 6.45) is 12.6. The molecule has 0 amide bonds. The maximum atomic E-state index is 10.6. The van der Waals surface area contributed by atoms with Gasteiger partial charge in [0.25, 0.3) is 0 Å². The van der Waals surface area contributed by atoms with Crippen molar-refractivity contribution in [2.45, 2.75) is 57.7 Å². The zero-order valence-electron chi connectivity index (χ0n) is 17.7. The monoisotopic (exact) mass is 383 g/mol. The summed E-state index contributed by atoms with van der Waals surface area (Å²) >= 11 is 0. The van der Waals surface area contributed by atoms with Gasteiger partial charge in [0.05, 0.1) is 12.2 Å². The third-order valence-electron chi connectivity index (χ3n) is 6.58. The van der Waals surface area contributed by atoms with Gasteiger partial charge in [-0.3, -0.25) is 0 Å². The third-order valence-corrected chi connectivity index (χ3v) is 6.58. The first-order valence-electron chi connectivity index (χ1n) is 10.9. The normalized spacial score (nSPS) is 28.1. The van der Waals surface area contributed by atoms with Crippen molar-refractivity contribution < 1.29 is 10.2 Å². The molecule has 0 aliphatic heterocycles. The molecule has 1 fully saturated rings. The van der Waals surface area contributed by atoms with Crippen LogP contribution in [0.1, 0.15) is 55.8 Å². The van der Waals surface area contributed by atoms with Gasteiger partial charge in [-0.25, -0.2) is 0 Å². The van der Waals surface area contributed by atoms with Crippen LogP contribution in [0, 0.1) is 24.7 Å². The Hall–Kier alpha value is -1.42. The van der Waals surface area contributed by atoms with Crippen molar-refractivity contribution in [2.75, 3.05) is 20.6 Å². The number of unbranched alkanes of at least 4 members (excludes halogenated alkanes) is 2. The van der Waals surface area contributed by atoms with Crippen LogP contribution in [0.5, 0.6) is 0 Å². The fourth-order valence-electron chi connectivity index (χ4n) is 5.00. The second-order valence-corrected chi connectivity index (χ2v) is 9.04. The van der Waals surface area contributed by atoms with Gasteiger partial charge in [0, 0.05) is 5.92 Å². The molecule has 0 unspecified atom stereocenters. The summed E-state index contributed by atoms with van der Waals surface area (Å²) < 4.78 is 0. The Morgan fingerprint density at radius 1 is 1.18 bits per heavy atom. The van der Waals surface area contributed by atoms with Gasteiger partial charge in [-0.05, 0) is 82.6 Å². The molecule has 0 spiro atoms. The fourth-order valence-corrected chi connectivity index (χ4v) is 5.00. The molecule has 1 saturated carbocycles. The molecule has 3 rings (SSSR count). The molecule has 154 valence electrons. The topological polar surface area (TPSA) is 43.7 Å². The lowest BCUT2D eigenvalue weighted by molar-refractivity contribution is 0.140. The molecule has 0 saturated heterocycles. The highest BCUT2D eigenvalue weighted by atomic mass is 16.3. The summed E-state index contributed by atoms with van der Waals surface area (Å²) in [6, 6.07) is 7.96. The molecule has 1 aromatic carbocycles. The molecular formula is C25H37NO2. The van der Waals surface area contributed by atoms with E-state index in [1.54, 1.807) is 5.57 Å². The van der Waals surface area contributed by atoms with E-state index < -0.39 is 6.10 Å². The van der Waals surface area contributed by atoms with Gasteiger partial charge < -0.3 is 15.1 Å². The van der Waals surface area contributed by atoms with Gasteiger partial charge in [0.1, 0.15) is 0 Å². The lowest BCUT2D eigenvalue weighted by Crippen LogP contribution is -2.17. The Morgan fingerprint density at radius 2 is 1.96 bits per heavy atom. The van der Waals surface area contributed by atoms with Crippen LogP contribution in [-0.4, -0.2) is 41.9 Å². The van der Waals surface area contributed by atoms with Gasteiger partial charge in [-0.1, -0.05) is 54.5 Å². The van der Waals surface area contributed by atoms with Crippen LogP contribution in [0.2, 0.25) is 0 Å². The number of fused-ring (bicyclic) bond motifs is 1. The Morgan fingerprint density at radius 3 is 2.71 bits per heavy atom. The van der Waals surface area contributed by atoms with Crippen LogP contribution in [-0.2, 0) is 0 Å². The van der Waals surface area contributed by atoms with Crippen LogP contribution >= 0.6 is 0 Å². The number of rotatable bonds is 9. The Kier molecular flexibility index (Phi) is 7.50. The van der Waals surface area contributed by atoms with E-state index >= 15 is 0 Å². The fraction of sp³-hybridized carbons (Fsp3) is 0.600. The van der Waals surface area contributed by atoms with Crippen molar-refractivity contribution in [2.24, 2.45) is 17.8 Å². The number of aliphatic hydroxyl groups excluding tert-OH is 2. The van der Waals surface area contributed by atoms with E-state index in [4.69, 9.17) is 0 Å². The van der Waals surface area contributed by atoms with Crippen LogP contribution in [0.3, 0.4) is 0 Å². The second-order valence-electron chi connectivity index (χ2n) is 9.04. The molecule has 2 aliphatic carbocycles. The van der Waals surface area contributed by atoms with Gasteiger partial charge in [0.15, 0.2) is 0 Å². The van der Waals surface area contributed by atoms with E-state index in [1.165, 1.54) is 32.2 Å². The summed E-state index contributed by atoms with van der Waals surface area (Å²) in [6.45, 7) is 3.20. The average Bonchev–Trinajstić information content (AvgIpc) is 3.16. The minimum absolute atomic E-state index is 0.158. The van der Waals surface area contributed by atoms with Crippen molar-refractivity contribution in [3.63, 3.8) is 0 Å². The van der Waals surface area contributed by atoms with E-state index in [1.807, 2.05) is 37.3 Å². The van der Waals surface area contributed by atoms with Crippen molar-refractivity contribution in [3.05, 3.63) is 59.2 Å². The predicted octanol–water partition coefficient (Wildman–Crippen LogP) is 4.65. The van der Waals surface area contributed by atoms with Gasteiger partial charge in [-0.2, -0.15) is 0 Å². The van der Waals surface area contributed by atoms with Gasteiger partial charge >= 0.3 is 0 Å². The summed E-state index contributed by atoms with van der Waals surface area (Å²) in [5, 5.41) is 21.1. The molecular weight excluding hydrogens is 346 g/mol. The number of aliphatic hydroxyl groups is 2. The minimum atomic E-state index is -0.599. The largest absolute Gasteiger partial charge is 0.392 e. The number of allylic oxidation sites excluding steroid dienone is 2. The Bertz CT molecular complexity index is 694. The second kappa shape index (κ2) is 9.87. The molecule has 1 aromatic rings. The number of hydrogen-bond donors (Lipinski definition) is 2. The lowest BCUT2D eigenvalue weighted by atomic mass is 9.88. The Labute approximate surface area is 170 Å². The lowest BCUT2D eigenvalue weighted by Gasteiger charge is -2.19. The predicted molar refractivity (Wildman–Crippen MR) is 116 cm³/mol. The maximum absolute atomic E-state index is 10.6. The quantitative estimate of drug-likeness (QED) is 0.482. The van der Waals surface area contributed by atoms with Crippen LogP contribution in [0.4, 0.5) is 0 Å². The van der Waals surface area contributed by atoms with Crippen molar-refractivity contribution in [1.82, 2.24) is 4.90 Å². The molecule has 0 aromatic heterocycles. The molecule has 0 bridgehead atoms. The first-order valence-corrected chi connectivity index (χ1v) is 10.9. The van der Waals surface area contributed by atoms with Gasteiger partial charge in [0.2, 0.25) is 0 Å². The van der Waals surface area contributed by atoms with Gasteiger partial charge in [-0.15, -0.1) is 0 Å². The highest BCUT2D eigenvalue weighted by Crippen LogP contribution is 2.48. The zero-order chi connectivity index (χ0) is 20.1. The van der Waals surface area contributed by atoms with Crippen molar-refractivity contribution >= 4 is 0 Å². The van der Waals surface area contributed by atoms with E-state index in [-0.39, 0.29) is 12.0 Å². The maximum Gasteiger partial charge on any atom is 0.0974 e. The Balaban J connectivity index is 1.52. The van der Waals surface area contributed by atoms with Crippen molar-refractivity contribution in [1.29, 1.82) is 0 Å². The highest BCUT2D eigenvalue weighted by molar-refractivity contribution is 5.30. The number of nitrogens with zero attached hydrogens (tertiary/aromatic N) is 1. The average molecular weight is 384 g/mol. The first kappa shape index (κ1) is 21.3. The summed E-state index contributed by atoms with van der Waals surface area (Å²) in [5.74, 6) is 1.18. The van der Waals surface area contributed by atoms with E-state index in [9.17, 15) is 10.2 Å². The van der Waals surface area contributed by atoms with E-state index in [0.29, 0.717) is 11.8 Å². The minimum Gasteiger partial charge on any atom is -0.392 e. The molecule has 3 heteroatoms. The number of benzene rings is 1. The molecule has 2 aliphatic rings. The van der Waals surface area contributed by atoms with Crippen molar-refractivity contribution in [3.8, 4) is 0 Å². The first-order chi connectivity index (χ1) is 13.5. The molecule has 28 heavy (non-hydrogen) atoms. The van der Waals surface area contributed by atoms with Crippen LogP contribution < -0.4 is 0 Å². The smallest absolute Gasteiger partial charge is 0.0974 e. The van der Waals surface area contributed by atoms with Crippen LogP contribution in [0.15, 0.2) is 48.1 Å². The third kappa shape index (κ3) is 5.34. The van der Waals surface area contributed by atoms with E-state index in [2.05, 4.69) is 31.1 Å². The number of aryl methyl sites for hydroxylation is 1. The standard InChI is InChI=1S/C25H37NO2/c1-18-9-6-7-11-21(18)24(27)13-12-22-23-16-19(15-20(23)17-25(22)28)10-5-4-8-14-26(2)3/h6-7,9,11-13,15,20,22-25,27-28H,4-5,8,10,14,16-17H2,1-3H3/b13-12+/t20-,22+,23-,24+,25+/m0/s1.